The highest BCUT2D eigenvalue weighted by Crippen LogP contribution is 2.48. The molecular weight excluding hydrogens is 418 g/mol. The molecule has 0 saturated carbocycles. The Balaban J connectivity index is 1.58. The SMILES string of the molecule is O=C(CCSC(c1ccccc1)(c1ccccc1)c1ccccc1)OC(=O)[C@@H]1CCCN1. The number of carbonyl (C=O) groups is 2. The molecule has 0 aliphatic carbocycles. The van der Waals surface area contributed by atoms with Gasteiger partial charge in [0.15, 0.2) is 0 Å². The van der Waals surface area contributed by atoms with E-state index in [2.05, 4.69) is 41.7 Å². The van der Waals surface area contributed by atoms with Gasteiger partial charge in [0.05, 0.1) is 11.2 Å². The van der Waals surface area contributed by atoms with Gasteiger partial charge in [0, 0.05) is 5.75 Å². The van der Waals surface area contributed by atoms with Gasteiger partial charge in [-0.3, -0.25) is 4.79 Å². The van der Waals surface area contributed by atoms with E-state index in [-0.39, 0.29) is 12.5 Å². The molecular formula is C27H27NO3S. The Morgan fingerprint density at radius 1 is 0.844 bits per heavy atom. The third kappa shape index (κ3) is 4.95. The number of rotatable bonds is 8. The van der Waals surface area contributed by atoms with Gasteiger partial charge in [0.25, 0.3) is 0 Å². The predicted molar refractivity (Wildman–Crippen MR) is 128 cm³/mol. The summed E-state index contributed by atoms with van der Waals surface area (Å²) in [7, 11) is 0. The first-order valence-corrected chi connectivity index (χ1v) is 12.0. The second kappa shape index (κ2) is 10.6. The van der Waals surface area contributed by atoms with Gasteiger partial charge < -0.3 is 10.1 Å². The van der Waals surface area contributed by atoms with Gasteiger partial charge in [0.1, 0.15) is 6.04 Å². The molecule has 164 valence electrons. The van der Waals surface area contributed by atoms with Crippen LogP contribution in [0, 0.1) is 0 Å². The van der Waals surface area contributed by atoms with Crippen LogP contribution < -0.4 is 5.32 Å². The van der Waals surface area contributed by atoms with Gasteiger partial charge in [-0.25, -0.2) is 4.79 Å². The summed E-state index contributed by atoms with van der Waals surface area (Å²) in [5, 5.41) is 3.07. The summed E-state index contributed by atoms with van der Waals surface area (Å²) in [6.45, 7) is 0.789. The maximum absolute atomic E-state index is 12.4. The van der Waals surface area contributed by atoms with Crippen molar-refractivity contribution in [1.29, 1.82) is 0 Å². The van der Waals surface area contributed by atoms with Crippen LogP contribution in [0.5, 0.6) is 0 Å². The van der Waals surface area contributed by atoms with Gasteiger partial charge in [-0.1, -0.05) is 91.0 Å². The fourth-order valence-corrected chi connectivity index (χ4v) is 5.66. The minimum Gasteiger partial charge on any atom is -0.392 e. The molecule has 5 heteroatoms. The number of esters is 2. The van der Waals surface area contributed by atoms with Crippen molar-refractivity contribution in [2.45, 2.75) is 30.1 Å². The van der Waals surface area contributed by atoms with Crippen molar-refractivity contribution in [2.75, 3.05) is 12.3 Å². The number of ether oxygens (including phenoxy) is 1. The molecule has 0 spiro atoms. The maximum atomic E-state index is 12.4. The van der Waals surface area contributed by atoms with Crippen LogP contribution in [0.2, 0.25) is 0 Å². The molecule has 0 unspecified atom stereocenters. The molecule has 0 radical (unpaired) electrons. The molecule has 1 atom stereocenters. The average molecular weight is 446 g/mol. The Bertz CT molecular complexity index is 922. The van der Waals surface area contributed by atoms with E-state index in [4.69, 9.17) is 4.74 Å². The number of hydrogen-bond acceptors (Lipinski definition) is 5. The molecule has 4 rings (SSSR count). The van der Waals surface area contributed by atoms with Gasteiger partial charge in [-0.2, -0.15) is 0 Å². The standard InChI is InChI=1S/C27H27NO3S/c29-25(31-26(30)24-17-10-19-28-24)18-20-32-27(21-11-4-1-5-12-21,22-13-6-2-7-14-22)23-15-8-3-9-16-23/h1-9,11-16,24,28H,10,17-20H2/t24-/m0/s1. The zero-order chi connectivity index (χ0) is 22.2. The van der Waals surface area contributed by atoms with Gasteiger partial charge in [0.2, 0.25) is 0 Å². The second-order valence-electron chi connectivity index (χ2n) is 7.82. The fraction of sp³-hybridized carbons (Fsp3) is 0.259. The topological polar surface area (TPSA) is 55.4 Å². The van der Waals surface area contributed by atoms with Crippen LogP contribution in [0.1, 0.15) is 36.0 Å². The van der Waals surface area contributed by atoms with Crippen LogP contribution in [-0.4, -0.2) is 30.3 Å². The summed E-state index contributed by atoms with van der Waals surface area (Å²) in [5.74, 6) is -0.416. The summed E-state index contributed by atoms with van der Waals surface area (Å²) >= 11 is 1.69. The summed E-state index contributed by atoms with van der Waals surface area (Å²) in [4.78, 5) is 24.6. The van der Waals surface area contributed by atoms with E-state index in [1.54, 1.807) is 11.8 Å². The van der Waals surface area contributed by atoms with Crippen LogP contribution in [-0.2, 0) is 19.1 Å². The fourth-order valence-electron chi connectivity index (χ4n) is 4.18. The van der Waals surface area contributed by atoms with Crippen molar-refractivity contribution in [3.63, 3.8) is 0 Å². The van der Waals surface area contributed by atoms with Crippen LogP contribution in [0.4, 0.5) is 0 Å². The van der Waals surface area contributed by atoms with Gasteiger partial charge in [-0.05, 0) is 36.1 Å². The Labute approximate surface area is 193 Å². The Hall–Kier alpha value is -2.89. The van der Waals surface area contributed by atoms with E-state index in [0.29, 0.717) is 5.75 Å². The molecule has 32 heavy (non-hydrogen) atoms. The number of thioether (sulfide) groups is 1. The smallest absolute Gasteiger partial charge is 0.330 e. The molecule has 1 fully saturated rings. The third-order valence-electron chi connectivity index (χ3n) is 5.72. The van der Waals surface area contributed by atoms with E-state index in [1.807, 2.05) is 54.6 Å². The largest absolute Gasteiger partial charge is 0.392 e. The molecule has 0 amide bonds. The van der Waals surface area contributed by atoms with Crippen molar-refractivity contribution < 1.29 is 14.3 Å². The second-order valence-corrected chi connectivity index (χ2v) is 9.13. The van der Waals surface area contributed by atoms with Crippen LogP contribution in [0.15, 0.2) is 91.0 Å². The van der Waals surface area contributed by atoms with E-state index in [0.717, 1.165) is 36.1 Å². The monoisotopic (exact) mass is 445 g/mol. The van der Waals surface area contributed by atoms with E-state index in [1.165, 1.54) is 0 Å². The maximum Gasteiger partial charge on any atom is 0.330 e. The van der Waals surface area contributed by atoms with E-state index in [9.17, 15) is 9.59 Å². The molecule has 4 nitrogen and oxygen atoms in total. The number of carbonyl (C=O) groups excluding carboxylic acids is 2. The normalized spacial score (nSPS) is 15.9. The van der Waals surface area contributed by atoms with E-state index >= 15 is 0 Å². The third-order valence-corrected chi connectivity index (χ3v) is 7.27. The molecule has 1 aliphatic heterocycles. The molecule has 0 aromatic heterocycles. The summed E-state index contributed by atoms with van der Waals surface area (Å²) in [6, 6.07) is 30.7. The average Bonchev–Trinajstić information content (AvgIpc) is 3.39. The first-order valence-electron chi connectivity index (χ1n) is 11.0. The molecule has 1 N–H and O–H groups in total. The van der Waals surface area contributed by atoms with Crippen LogP contribution in [0.3, 0.4) is 0 Å². The number of nitrogens with one attached hydrogen (secondary N) is 1. The molecule has 0 bridgehead atoms. The van der Waals surface area contributed by atoms with E-state index < -0.39 is 16.7 Å². The lowest BCUT2D eigenvalue weighted by molar-refractivity contribution is -0.160. The Morgan fingerprint density at radius 3 is 1.78 bits per heavy atom. The van der Waals surface area contributed by atoms with Crippen molar-refractivity contribution in [3.8, 4) is 0 Å². The molecule has 1 aliphatic rings. The molecule has 1 heterocycles. The zero-order valence-electron chi connectivity index (χ0n) is 17.9. The molecule has 3 aromatic carbocycles. The summed E-state index contributed by atoms with van der Waals surface area (Å²) < 4.78 is 4.63. The first-order chi connectivity index (χ1) is 15.7. The van der Waals surface area contributed by atoms with Gasteiger partial charge >= 0.3 is 11.9 Å². The zero-order valence-corrected chi connectivity index (χ0v) is 18.7. The lowest BCUT2D eigenvalue weighted by Gasteiger charge is -2.35. The Morgan fingerprint density at radius 2 is 1.34 bits per heavy atom. The quantitative estimate of drug-likeness (QED) is 0.303. The highest BCUT2D eigenvalue weighted by molar-refractivity contribution is 8.00. The van der Waals surface area contributed by atoms with Crippen molar-refractivity contribution in [2.24, 2.45) is 0 Å². The van der Waals surface area contributed by atoms with Gasteiger partial charge in [-0.15, -0.1) is 11.8 Å². The number of hydrogen-bond donors (Lipinski definition) is 1. The molecule has 1 saturated heterocycles. The lowest BCUT2D eigenvalue weighted by atomic mass is 9.84. The van der Waals surface area contributed by atoms with Crippen molar-refractivity contribution >= 4 is 23.7 Å². The Kier molecular flexibility index (Phi) is 7.40. The predicted octanol–water partition coefficient (Wildman–Crippen LogP) is 4.92. The van der Waals surface area contributed by atoms with Crippen molar-refractivity contribution in [3.05, 3.63) is 108 Å². The van der Waals surface area contributed by atoms with Crippen molar-refractivity contribution in [1.82, 2.24) is 5.32 Å². The highest BCUT2D eigenvalue weighted by atomic mass is 32.2. The number of benzene rings is 3. The first kappa shape index (κ1) is 22.3. The van der Waals surface area contributed by atoms with Crippen LogP contribution in [0.25, 0.3) is 0 Å². The molecule has 3 aromatic rings. The minimum atomic E-state index is -0.485. The highest BCUT2D eigenvalue weighted by Gasteiger charge is 2.37. The summed E-state index contributed by atoms with van der Waals surface area (Å²) in [6.07, 6.45) is 1.81. The van der Waals surface area contributed by atoms with Crippen LogP contribution >= 0.6 is 11.8 Å². The lowest BCUT2D eigenvalue weighted by Crippen LogP contribution is -2.34. The summed E-state index contributed by atoms with van der Waals surface area (Å²) in [5.41, 5.74) is 3.42. The minimum absolute atomic E-state index is 0.164.